The maximum Gasteiger partial charge on any atom is 0.798 e. The van der Waals surface area contributed by atoms with Crippen LogP contribution in [0.4, 0.5) is 46.2 Å². The van der Waals surface area contributed by atoms with Crippen LogP contribution in [0.3, 0.4) is 0 Å². The van der Waals surface area contributed by atoms with E-state index in [2.05, 4.69) is 9.31 Å². The predicted molar refractivity (Wildman–Crippen MR) is 296 cm³/mol. The summed E-state index contributed by atoms with van der Waals surface area (Å²) in [6, 6.07) is 2.56. The monoisotopic (exact) mass is 1200 g/mol. The van der Waals surface area contributed by atoms with Gasteiger partial charge in [-0.05, 0) is 69.6 Å². The Kier molecular flexibility index (Phi) is 17.1. The largest absolute Gasteiger partial charge is 0.798 e. The Bertz CT molecular complexity index is 3870. The van der Waals surface area contributed by atoms with Gasteiger partial charge in [0.15, 0.2) is 34.7 Å². The van der Waals surface area contributed by atoms with Gasteiger partial charge in [0, 0.05) is 73.7 Å². The van der Waals surface area contributed by atoms with Crippen molar-refractivity contribution in [3.8, 4) is 17.2 Å². The molecule has 0 amide bonds. The van der Waals surface area contributed by atoms with Crippen LogP contribution in [0.2, 0.25) is 0 Å². The zero-order valence-electron chi connectivity index (χ0n) is 47.1. The maximum absolute atomic E-state index is 15.4. The van der Waals surface area contributed by atoms with Crippen molar-refractivity contribution in [3.63, 3.8) is 0 Å². The van der Waals surface area contributed by atoms with Crippen molar-refractivity contribution in [2.75, 3.05) is 57.3 Å². The molecule has 3 aliphatic carbocycles. The van der Waals surface area contributed by atoms with E-state index in [1.54, 1.807) is 14.0 Å². The lowest BCUT2D eigenvalue weighted by molar-refractivity contribution is 0.0333. The number of aromatic carboxylic acids is 1. The van der Waals surface area contributed by atoms with Crippen LogP contribution < -0.4 is 40.3 Å². The highest BCUT2D eigenvalue weighted by Crippen LogP contribution is 2.48. The molecule has 11 rings (SSSR count). The number of hydrogen-bond donors (Lipinski definition) is 3. The van der Waals surface area contributed by atoms with Gasteiger partial charge in [-0.3, -0.25) is 14.4 Å². The molecule has 2 atom stereocenters. The quantitative estimate of drug-likeness (QED) is 0.0726. The van der Waals surface area contributed by atoms with E-state index >= 15 is 8.78 Å². The number of carboxylic acid groups (broad SMARTS) is 1. The third-order valence-electron chi connectivity index (χ3n) is 16.0. The van der Waals surface area contributed by atoms with Crippen molar-refractivity contribution in [1.82, 2.24) is 13.7 Å². The van der Waals surface area contributed by atoms with E-state index in [1.807, 2.05) is 32.6 Å². The summed E-state index contributed by atoms with van der Waals surface area (Å²) in [6.07, 6.45) is 8.01. The van der Waals surface area contributed by atoms with Gasteiger partial charge in [0.05, 0.1) is 66.2 Å². The molecule has 3 aromatic heterocycles. The van der Waals surface area contributed by atoms with Crippen LogP contribution in [0, 0.1) is 34.1 Å². The van der Waals surface area contributed by atoms with Crippen molar-refractivity contribution in [2.45, 2.75) is 109 Å². The van der Waals surface area contributed by atoms with Crippen LogP contribution in [-0.2, 0) is 9.31 Å². The van der Waals surface area contributed by atoms with Crippen LogP contribution in [0.5, 0.6) is 17.2 Å². The third kappa shape index (κ3) is 12.0. The molecule has 3 aromatic carbocycles. The summed E-state index contributed by atoms with van der Waals surface area (Å²) in [4.78, 5) is 77.1. The Morgan fingerprint density at radius 1 is 0.518 bits per heavy atom. The Labute approximate surface area is 479 Å². The number of halogens is 8. The number of aliphatic hydroxyl groups excluding tert-OH is 2. The summed E-state index contributed by atoms with van der Waals surface area (Å²) in [7, 11) is -2.88. The molecule has 2 unspecified atom stereocenters. The molecule has 19 nitrogen and oxygen atoms in total. The number of aliphatic hydroxyl groups is 2. The average Bonchev–Trinajstić information content (AvgIpc) is 1.78. The number of carbonyl (C=O) groups is 3. The fourth-order valence-corrected chi connectivity index (χ4v) is 11.2. The summed E-state index contributed by atoms with van der Waals surface area (Å²) in [6.45, 7) is 9.24. The number of methoxy groups -OCH3 is 3. The molecule has 2 aliphatic heterocycles. The van der Waals surface area contributed by atoms with Gasteiger partial charge in [-0.2, -0.15) is 4.39 Å². The highest BCUT2D eigenvalue weighted by atomic mass is 19.2. The first kappa shape index (κ1) is 61.7. The van der Waals surface area contributed by atoms with E-state index in [9.17, 15) is 70.1 Å². The van der Waals surface area contributed by atoms with Gasteiger partial charge < -0.3 is 62.3 Å². The second-order valence-corrected chi connectivity index (χ2v) is 23.0. The Morgan fingerprint density at radius 2 is 0.835 bits per heavy atom. The molecule has 3 N–H and O–H groups in total. The standard InChI is InChI=1S/C21H24BF3N2O5.C21H25FN2O5.C14H10BF4NO4/c1-21(2)10-26(7-6-15(21)28)17-14(23)8-12-16(19(17)31-3)27(11-4-5-11)9-13(18(12)29)20(30)32-22(24)25;1-21(2)10-23(7-6-15(21)25)17-14(22)8-12-16(19(17)29-3)24(11-4-5-11)9-13(18(12)26)20(27)28;1-23-13-10(17)9(16)4-7-11(13)20(6-2-3-6)5-8(12(7)21)14(22)24-15(18)19/h8-9,11,15,28H,4-7,10H2,1-3H3;8-9,11,15,25H,4-7,10H2,1-3H3,(H,27,28);4-6H,2-3H2,1H3. The minimum Gasteiger partial charge on any atom is -0.492 e. The molecule has 454 valence electrons. The first-order valence-electron chi connectivity index (χ1n) is 27.1. The van der Waals surface area contributed by atoms with Gasteiger partial charge in [0.25, 0.3) is 0 Å². The number of hydrogen-bond acceptors (Lipinski definition) is 15. The highest BCUT2D eigenvalue weighted by molar-refractivity contribution is 6.38. The predicted octanol–water partition coefficient (Wildman–Crippen LogP) is 8.65. The van der Waals surface area contributed by atoms with Crippen molar-refractivity contribution in [2.24, 2.45) is 10.8 Å². The van der Waals surface area contributed by atoms with Crippen LogP contribution in [-0.4, -0.2) is 122 Å². The van der Waals surface area contributed by atoms with E-state index in [-0.39, 0.29) is 68.2 Å². The number of benzene rings is 3. The van der Waals surface area contributed by atoms with E-state index in [4.69, 9.17) is 14.2 Å². The van der Waals surface area contributed by atoms with Crippen molar-refractivity contribution < 1.29 is 88.0 Å². The number of nitrogens with zero attached hydrogens (tertiary/aromatic N) is 5. The first-order chi connectivity index (χ1) is 40.0. The van der Waals surface area contributed by atoms with Crippen molar-refractivity contribution >= 4 is 76.9 Å². The van der Waals surface area contributed by atoms with E-state index in [0.29, 0.717) is 69.0 Å². The minimum absolute atomic E-state index is 0.00574. The number of carbonyl (C=O) groups excluding carboxylic acids is 2. The zero-order chi connectivity index (χ0) is 62.0. The molecule has 6 aromatic rings. The first-order valence-corrected chi connectivity index (χ1v) is 27.1. The molecule has 85 heavy (non-hydrogen) atoms. The normalized spacial score (nSPS) is 18.9. The number of ether oxygens (including phenoxy) is 3. The van der Waals surface area contributed by atoms with Crippen LogP contribution in [0.15, 0.2) is 51.2 Å². The minimum atomic E-state index is -3.40. The Morgan fingerprint density at radius 3 is 1.14 bits per heavy atom. The molecule has 29 heteroatoms. The fourth-order valence-electron chi connectivity index (χ4n) is 11.2. The number of pyridine rings is 3. The van der Waals surface area contributed by atoms with Crippen molar-refractivity contribution in [1.29, 1.82) is 0 Å². The van der Waals surface area contributed by atoms with Gasteiger partial charge in [0.1, 0.15) is 28.1 Å². The second kappa shape index (κ2) is 23.6. The van der Waals surface area contributed by atoms with Crippen LogP contribution in [0.25, 0.3) is 32.7 Å². The lowest BCUT2D eigenvalue weighted by atomic mass is 9.81. The summed E-state index contributed by atoms with van der Waals surface area (Å²) in [5.74, 6) is -8.45. The maximum atomic E-state index is 15.4. The molecule has 5 heterocycles. The lowest BCUT2D eigenvalue weighted by Gasteiger charge is -2.43. The number of aromatic nitrogens is 3. The summed E-state index contributed by atoms with van der Waals surface area (Å²) in [5.41, 5.74) is -4.12. The molecule has 3 saturated carbocycles. The van der Waals surface area contributed by atoms with Crippen molar-refractivity contribution in [3.05, 3.63) is 107 Å². The van der Waals surface area contributed by atoms with E-state index in [1.165, 1.54) is 31.2 Å². The SMILES string of the molecule is COc1c(F)c(F)cc2c(=O)c(C(=O)OB(F)F)cn(C3CC3)c12.COc1c(N2CCC(O)C(C)(C)C2)c(F)cc2c(=O)c(C(=O)O)cn(C3CC3)c12.COc1c(N2CCC(O)C(C)(C)C2)c(F)cc2c(=O)c(C(=O)OB(F)F)cn(C3CC3)c12. The molecule has 2 saturated heterocycles. The second-order valence-electron chi connectivity index (χ2n) is 23.0. The van der Waals surface area contributed by atoms with Gasteiger partial charge in [-0.15, -0.1) is 0 Å². The Balaban J connectivity index is 0.000000154. The van der Waals surface area contributed by atoms with Gasteiger partial charge in [0.2, 0.25) is 22.1 Å². The number of fused-ring (bicyclic) bond motifs is 3. The molecule has 0 bridgehead atoms. The topological polar surface area (TPSA) is 231 Å². The van der Waals surface area contributed by atoms with Gasteiger partial charge >= 0.3 is 32.8 Å². The lowest BCUT2D eigenvalue weighted by Crippen LogP contribution is -2.49. The molecule has 0 radical (unpaired) electrons. The molecular weight excluding hydrogens is 1140 g/mol. The number of carboxylic acids is 1. The highest BCUT2D eigenvalue weighted by Gasteiger charge is 2.41. The number of anilines is 2. The van der Waals surface area contributed by atoms with E-state index in [0.717, 1.165) is 51.1 Å². The number of piperidine rings is 2. The summed E-state index contributed by atoms with van der Waals surface area (Å²) in [5, 5.41) is 29.5. The van der Waals surface area contributed by atoms with Gasteiger partial charge in [-0.1, -0.05) is 27.7 Å². The van der Waals surface area contributed by atoms with E-state index < -0.39 is 112 Å². The van der Waals surface area contributed by atoms with Crippen LogP contribution >= 0.6 is 0 Å². The molecule has 5 fully saturated rings. The smallest absolute Gasteiger partial charge is 0.492 e. The summed E-state index contributed by atoms with van der Waals surface area (Å²) >= 11 is 0. The third-order valence-corrected chi connectivity index (χ3v) is 16.0. The number of rotatable bonds is 13. The summed E-state index contributed by atoms with van der Waals surface area (Å²) < 4.78 is 136. The van der Waals surface area contributed by atoms with Crippen LogP contribution in [0.1, 0.15) is 128 Å². The molecule has 5 aliphatic rings. The Hall–Kier alpha value is -7.81. The zero-order valence-corrected chi connectivity index (χ0v) is 47.1. The molecular formula is C56H59B2F8N5O14. The van der Waals surface area contributed by atoms with Gasteiger partial charge in [-0.25, -0.2) is 44.8 Å². The average molecular weight is 1200 g/mol. The molecule has 0 spiro atoms. The fraction of sp³-hybridized carbons (Fsp3) is 0.464.